The lowest BCUT2D eigenvalue weighted by Gasteiger charge is -2.18. The van der Waals surface area contributed by atoms with Gasteiger partial charge < -0.3 is 5.32 Å². The van der Waals surface area contributed by atoms with Gasteiger partial charge in [0.05, 0.1) is 5.56 Å². The predicted octanol–water partition coefficient (Wildman–Crippen LogP) is 4.69. The molecule has 1 amide bonds. The molecule has 1 aromatic carbocycles. The number of nitrogens with one attached hydrogen (secondary N) is 1. The second-order valence-electron chi connectivity index (χ2n) is 5.90. The van der Waals surface area contributed by atoms with Crippen LogP contribution in [-0.4, -0.2) is 5.91 Å². The summed E-state index contributed by atoms with van der Waals surface area (Å²) in [5.41, 5.74) is 4.32. The molecular formula is C18H21NOS. The smallest absolute Gasteiger partial charge is 0.256 e. The number of carbonyl (C=O) groups excluding carboxylic acids is 1. The molecule has 0 aliphatic heterocycles. The Morgan fingerprint density at radius 3 is 2.81 bits per heavy atom. The van der Waals surface area contributed by atoms with Crippen molar-refractivity contribution in [3.05, 3.63) is 51.2 Å². The number of thiophene rings is 1. The molecule has 0 saturated carbocycles. The minimum Gasteiger partial charge on any atom is -0.322 e. The van der Waals surface area contributed by atoms with Crippen LogP contribution in [0, 0.1) is 5.92 Å². The standard InChI is InChI=1S/C18H21NOS/c1-3-13-5-7-14(8-6-13)19-18(20)16-11-21-17-10-12(2)4-9-15(16)17/h5-8,11-12H,3-4,9-10H2,1-2H3,(H,19,20)/t12-/m1/s1. The summed E-state index contributed by atoms with van der Waals surface area (Å²) >= 11 is 1.74. The maximum atomic E-state index is 12.5. The van der Waals surface area contributed by atoms with Crippen molar-refractivity contribution < 1.29 is 4.79 Å². The monoisotopic (exact) mass is 299 g/mol. The number of amides is 1. The lowest BCUT2D eigenvalue weighted by Crippen LogP contribution is -2.16. The van der Waals surface area contributed by atoms with Crippen molar-refractivity contribution in [3.63, 3.8) is 0 Å². The second kappa shape index (κ2) is 6.02. The van der Waals surface area contributed by atoms with Crippen molar-refractivity contribution in [2.24, 2.45) is 5.92 Å². The summed E-state index contributed by atoms with van der Waals surface area (Å²) in [5.74, 6) is 0.778. The van der Waals surface area contributed by atoms with Crippen LogP contribution in [0.25, 0.3) is 0 Å². The number of anilines is 1. The van der Waals surface area contributed by atoms with Crippen LogP contribution in [0.2, 0.25) is 0 Å². The highest BCUT2D eigenvalue weighted by Crippen LogP contribution is 2.33. The molecule has 1 aromatic heterocycles. The van der Waals surface area contributed by atoms with E-state index in [4.69, 9.17) is 0 Å². The maximum absolute atomic E-state index is 12.5. The summed E-state index contributed by atoms with van der Waals surface area (Å²) in [7, 11) is 0. The SMILES string of the molecule is CCc1ccc(NC(=O)c2csc3c2CC[C@@H](C)C3)cc1. The van der Waals surface area contributed by atoms with Crippen LogP contribution in [0.5, 0.6) is 0 Å². The van der Waals surface area contributed by atoms with Gasteiger partial charge in [0.2, 0.25) is 0 Å². The largest absolute Gasteiger partial charge is 0.322 e. The number of hydrogen-bond donors (Lipinski definition) is 1. The van der Waals surface area contributed by atoms with E-state index in [9.17, 15) is 4.79 Å². The molecule has 0 spiro atoms. The molecule has 2 aromatic rings. The molecule has 1 aliphatic carbocycles. The fourth-order valence-corrected chi connectivity index (χ4v) is 4.13. The van der Waals surface area contributed by atoms with E-state index in [2.05, 4.69) is 31.3 Å². The van der Waals surface area contributed by atoms with Gasteiger partial charge in [-0.25, -0.2) is 0 Å². The van der Waals surface area contributed by atoms with Crippen LogP contribution in [0.3, 0.4) is 0 Å². The first-order valence-corrected chi connectivity index (χ1v) is 8.55. The zero-order chi connectivity index (χ0) is 14.8. The molecule has 0 bridgehead atoms. The molecule has 21 heavy (non-hydrogen) atoms. The number of rotatable bonds is 3. The highest BCUT2D eigenvalue weighted by molar-refractivity contribution is 7.10. The molecule has 1 heterocycles. The summed E-state index contributed by atoms with van der Waals surface area (Å²) in [6, 6.07) is 8.11. The normalized spacial score (nSPS) is 17.3. The third-order valence-electron chi connectivity index (χ3n) is 4.27. The summed E-state index contributed by atoms with van der Waals surface area (Å²) in [6.07, 6.45) is 4.37. The van der Waals surface area contributed by atoms with Crippen LogP contribution < -0.4 is 5.32 Å². The molecule has 0 saturated heterocycles. The molecule has 110 valence electrons. The van der Waals surface area contributed by atoms with E-state index in [1.54, 1.807) is 11.3 Å². The van der Waals surface area contributed by atoms with E-state index in [1.165, 1.54) is 22.4 Å². The Kier molecular flexibility index (Phi) is 4.11. The number of fused-ring (bicyclic) bond motifs is 1. The average Bonchev–Trinajstić information content (AvgIpc) is 2.91. The average molecular weight is 299 g/mol. The number of benzene rings is 1. The lowest BCUT2D eigenvalue weighted by molar-refractivity contribution is 0.102. The summed E-state index contributed by atoms with van der Waals surface area (Å²) < 4.78 is 0. The highest BCUT2D eigenvalue weighted by atomic mass is 32.1. The van der Waals surface area contributed by atoms with Crippen LogP contribution in [-0.2, 0) is 19.3 Å². The first-order valence-electron chi connectivity index (χ1n) is 7.67. The summed E-state index contributed by atoms with van der Waals surface area (Å²) in [5, 5.41) is 5.05. The summed E-state index contributed by atoms with van der Waals surface area (Å²) in [4.78, 5) is 13.9. The van der Waals surface area contributed by atoms with E-state index in [-0.39, 0.29) is 5.91 Å². The van der Waals surface area contributed by atoms with E-state index in [0.29, 0.717) is 0 Å². The zero-order valence-corrected chi connectivity index (χ0v) is 13.4. The van der Waals surface area contributed by atoms with Gasteiger partial charge in [-0.1, -0.05) is 26.0 Å². The van der Waals surface area contributed by atoms with Crippen molar-refractivity contribution in [2.75, 3.05) is 5.32 Å². The topological polar surface area (TPSA) is 29.1 Å². The molecule has 3 heteroatoms. The number of aryl methyl sites for hydroxylation is 1. The van der Waals surface area contributed by atoms with Gasteiger partial charge in [-0.05, 0) is 54.9 Å². The van der Waals surface area contributed by atoms with Gasteiger partial charge in [0.25, 0.3) is 5.91 Å². The Bertz CT molecular complexity index is 642. The van der Waals surface area contributed by atoms with E-state index in [0.717, 1.165) is 36.4 Å². The lowest BCUT2D eigenvalue weighted by atomic mass is 9.88. The van der Waals surface area contributed by atoms with Crippen LogP contribution >= 0.6 is 11.3 Å². The van der Waals surface area contributed by atoms with Gasteiger partial charge >= 0.3 is 0 Å². The van der Waals surface area contributed by atoms with Crippen molar-refractivity contribution in [2.45, 2.75) is 39.5 Å². The molecule has 1 N–H and O–H groups in total. The summed E-state index contributed by atoms with van der Waals surface area (Å²) in [6.45, 7) is 4.42. The van der Waals surface area contributed by atoms with Crippen LogP contribution in [0.4, 0.5) is 5.69 Å². The Morgan fingerprint density at radius 1 is 1.33 bits per heavy atom. The third-order valence-corrected chi connectivity index (χ3v) is 5.32. The van der Waals surface area contributed by atoms with Gasteiger partial charge in [-0.15, -0.1) is 11.3 Å². The van der Waals surface area contributed by atoms with Crippen LogP contribution in [0.15, 0.2) is 29.6 Å². The molecule has 1 aliphatic rings. The fourth-order valence-electron chi connectivity index (χ4n) is 2.89. The first kappa shape index (κ1) is 14.3. The van der Waals surface area contributed by atoms with Crippen molar-refractivity contribution >= 4 is 22.9 Å². The van der Waals surface area contributed by atoms with Gasteiger partial charge in [-0.2, -0.15) is 0 Å². The van der Waals surface area contributed by atoms with Crippen molar-refractivity contribution in [1.29, 1.82) is 0 Å². The Morgan fingerprint density at radius 2 is 2.10 bits per heavy atom. The number of hydrogen-bond acceptors (Lipinski definition) is 2. The zero-order valence-electron chi connectivity index (χ0n) is 12.6. The molecule has 3 rings (SSSR count). The predicted molar refractivity (Wildman–Crippen MR) is 89.3 cm³/mol. The number of carbonyl (C=O) groups is 1. The minimum absolute atomic E-state index is 0.0336. The van der Waals surface area contributed by atoms with Gasteiger partial charge in [-0.3, -0.25) is 4.79 Å². The molecule has 1 atom stereocenters. The molecule has 0 unspecified atom stereocenters. The fraction of sp³-hybridized carbons (Fsp3) is 0.389. The van der Waals surface area contributed by atoms with Crippen molar-refractivity contribution in [1.82, 2.24) is 0 Å². The third kappa shape index (κ3) is 3.03. The van der Waals surface area contributed by atoms with E-state index in [1.807, 2.05) is 17.5 Å². The molecule has 0 fully saturated rings. The van der Waals surface area contributed by atoms with E-state index < -0.39 is 0 Å². The second-order valence-corrected chi connectivity index (χ2v) is 6.87. The molecule has 0 radical (unpaired) electrons. The van der Waals surface area contributed by atoms with Crippen molar-refractivity contribution in [3.8, 4) is 0 Å². The van der Waals surface area contributed by atoms with Crippen LogP contribution in [0.1, 0.15) is 46.6 Å². The Balaban J connectivity index is 1.76. The van der Waals surface area contributed by atoms with Gasteiger partial charge in [0, 0.05) is 15.9 Å². The quantitative estimate of drug-likeness (QED) is 0.875. The molecular weight excluding hydrogens is 278 g/mol. The van der Waals surface area contributed by atoms with E-state index >= 15 is 0 Å². The molecule has 2 nitrogen and oxygen atoms in total. The Hall–Kier alpha value is -1.61. The highest BCUT2D eigenvalue weighted by Gasteiger charge is 2.23. The minimum atomic E-state index is 0.0336. The maximum Gasteiger partial charge on any atom is 0.256 e. The Labute approximate surface area is 130 Å². The first-order chi connectivity index (χ1) is 10.2. The van der Waals surface area contributed by atoms with Gasteiger partial charge in [0.15, 0.2) is 0 Å². The van der Waals surface area contributed by atoms with Gasteiger partial charge in [0.1, 0.15) is 0 Å².